The number of nitrogens with zero attached hydrogens (tertiary/aromatic N) is 2. The first-order valence-electron chi connectivity index (χ1n) is 4.54. The van der Waals surface area contributed by atoms with Crippen LogP contribution in [0, 0.1) is 10.1 Å². The Morgan fingerprint density at radius 3 is 2.50 bits per heavy atom. The van der Waals surface area contributed by atoms with Crippen LogP contribution in [0.25, 0.3) is 11.3 Å². The van der Waals surface area contributed by atoms with Crippen LogP contribution < -0.4 is 0 Å². The topological polar surface area (TPSA) is 56.0 Å². The third-order valence-electron chi connectivity index (χ3n) is 2.10. The molecule has 5 heteroatoms. The largest absolute Gasteiger partial charge is 0.295 e. The number of hydrogen-bond donors (Lipinski definition) is 0. The van der Waals surface area contributed by atoms with Crippen LogP contribution in [-0.2, 0) is 0 Å². The molecule has 1 aromatic carbocycles. The fourth-order valence-corrected chi connectivity index (χ4v) is 1.50. The van der Waals surface area contributed by atoms with Gasteiger partial charge >= 0.3 is 0 Å². The SMILES string of the molecule is O=[N+]([O-])c1cccnc1-c1ccc(Cl)cc1. The standard InChI is InChI=1S/C11H7ClN2O2/c12-9-5-3-8(4-6-9)11-10(14(15)16)2-1-7-13-11/h1-7H. The summed E-state index contributed by atoms with van der Waals surface area (Å²) in [4.78, 5) is 14.4. The minimum Gasteiger partial charge on any atom is -0.258 e. The van der Waals surface area contributed by atoms with Crippen LogP contribution in [0.3, 0.4) is 0 Å². The fraction of sp³-hybridized carbons (Fsp3) is 0. The Bertz CT molecular complexity index is 526. The zero-order valence-electron chi connectivity index (χ0n) is 8.13. The van der Waals surface area contributed by atoms with Crippen LogP contribution in [0.2, 0.25) is 5.02 Å². The monoisotopic (exact) mass is 234 g/mol. The van der Waals surface area contributed by atoms with E-state index in [-0.39, 0.29) is 5.69 Å². The minimum atomic E-state index is -0.447. The van der Waals surface area contributed by atoms with Crippen molar-refractivity contribution in [3.63, 3.8) is 0 Å². The van der Waals surface area contributed by atoms with Gasteiger partial charge in [0.2, 0.25) is 0 Å². The minimum absolute atomic E-state index is 0.00942. The summed E-state index contributed by atoms with van der Waals surface area (Å²) in [5, 5.41) is 11.4. The average molecular weight is 235 g/mol. The normalized spacial score (nSPS) is 10.1. The quantitative estimate of drug-likeness (QED) is 0.592. The van der Waals surface area contributed by atoms with E-state index in [0.717, 1.165) is 0 Å². The van der Waals surface area contributed by atoms with E-state index >= 15 is 0 Å². The Hall–Kier alpha value is -1.94. The predicted molar refractivity (Wildman–Crippen MR) is 61.3 cm³/mol. The Morgan fingerprint density at radius 1 is 1.19 bits per heavy atom. The number of benzene rings is 1. The summed E-state index contributed by atoms with van der Waals surface area (Å²) >= 11 is 5.75. The number of nitro groups is 1. The van der Waals surface area contributed by atoms with Crippen LogP contribution in [0.15, 0.2) is 42.6 Å². The molecule has 0 radical (unpaired) electrons. The maximum Gasteiger partial charge on any atom is 0.295 e. The van der Waals surface area contributed by atoms with E-state index < -0.39 is 4.92 Å². The summed E-state index contributed by atoms with van der Waals surface area (Å²) in [6.07, 6.45) is 1.52. The summed E-state index contributed by atoms with van der Waals surface area (Å²) in [6, 6.07) is 9.73. The van der Waals surface area contributed by atoms with Gasteiger partial charge in [0, 0.05) is 22.8 Å². The molecule has 4 nitrogen and oxygen atoms in total. The van der Waals surface area contributed by atoms with Crippen molar-refractivity contribution < 1.29 is 4.92 Å². The van der Waals surface area contributed by atoms with Crippen LogP contribution >= 0.6 is 11.6 Å². The van der Waals surface area contributed by atoms with Gasteiger partial charge in [-0.15, -0.1) is 0 Å². The smallest absolute Gasteiger partial charge is 0.258 e. The van der Waals surface area contributed by atoms with Crippen molar-refractivity contribution in [2.75, 3.05) is 0 Å². The van der Waals surface area contributed by atoms with E-state index in [2.05, 4.69) is 4.98 Å². The highest BCUT2D eigenvalue weighted by Gasteiger charge is 2.15. The van der Waals surface area contributed by atoms with Gasteiger partial charge in [-0.25, -0.2) is 4.98 Å². The van der Waals surface area contributed by atoms with E-state index in [1.54, 1.807) is 24.3 Å². The molecule has 0 N–H and O–H groups in total. The van der Waals surface area contributed by atoms with E-state index in [9.17, 15) is 10.1 Å². The first kappa shape index (κ1) is 10.6. The van der Waals surface area contributed by atoms with Crippen molar-refractivity contribution >= 4 is 17.3 Å². The van der Waals surface area contributed by atoms with Crippen LogP contribution in [0.4, 0.5) is 5.69 Å². The molecule has 0 saturated carbocycles. The van der Waals surface area contributed by atoms with E-state index in [1.165, 1.54) is 18.3 Å². The molecule has 0 aliphatic rings. The fourth-order valence-electron chi connectivity index (χ4n) is 1.37. The maximum atomic E-state index is 10.8. The Kier molecular flexibility index (Phi) is 2.83. The molecule has 2 rings (SSSR count). The van der Waals surface area contributed by atoms with Gasteiger partial charge in [-0.2, -0.15) is 0 Å². The summed E-state index contributed by atoms with van der Waals surface area (Å²) in [6.45, 7) is 0. The molecule has 0 aliphatic heterocycles. The Morgan fingerprint density at radius 2 is 1.88 bits per heavy atom. The molecule has 0 fully saturated rings. The highest BCUT2D eigenvalue weighted by molar-refractivity contribution is 6.30. The number of aromatic nitrogens is 1. The zero-order valence-corrected chi connectivity index (χ0v) is 8.89. The third-order valence-corrected chi connectivity index (χ3v) is 2.35. The van der Waals surface area contributed by atoms with Gasteiger partial charge in [0.25, 0.3) is 5.69 Å². The van der Waals surface area contributed by atoms with Gasteiger partial charge in [-0.1, -0.05) is 23.7 Å². The van der Waals surface area contributed by atoms with Crippen molar-refractivity contribution in [3.8, 4) is 11.3 Å². The number of hydrogen-bond acceptors (Lipinski definition) is 3. The lowest BCUT2D eigenvalue weighted by Gasteiger charge is -2.01. The van der Waals surface area contributed by atoms with Crippen molar-refractivity contribution in [2.24, 2.45) is 0 Å². The number of pyridine rings is 1. The summed E-state index contributed by atoms with van der Waals surface area (Å²) in [7, 11) is 0. The molecule has 0 aliphatic carbocycles. The second-order valence-corrected chi connectivity index (χ2v) is 3.57. The molecule has 0 unspecified atom stereocenters. The molecule has 0 atom stereocenters. The third kappa shape index (κ3) is 2.01. The molecule has 0 spiro atoms. The highest BCUT2D eigenvalue weighted by Crippen LogP contribution is 2.27. The van der Waals surface area contributed by atoms with Gasteiger partial charge in [0.15, 0.2) is 0 Å². The highest BCUT2D eigenvalue weighted by atomic mass is 35.5. The summed E-state index contributed by atoms with van der Waals surface area (Å²) in [5.41, 5.74) is 1.02. The average Bonchev–Trinajstić information content (AvgIpc) is 2.30. The molecule has 80 valence electrons. The van der Waals surface area contributed by atoms with Crippen LogP contribution in [0.1, 0.15) is 0 Å². The first-order chi connectivity index (χ1) is 7.68. The molecule has 2 aromatic rings. The van der Waals surface area contributed by atoms with Crippen LogP contribution in [0.5, 0.6) is 0 Å². The Balaban J connectivity index is 2.55. The van der Waals surface area contributed by atoms with Gasteiger partial charge in [-0.05, 0) is 18.2 Å². The molecular weight excluding hydrogens is 228 g/mol. The van der Waals surface area contributed by atoms with Crippen molar-refractivity contribution in [1.82, 2.24) is 4.98 Å². The van der Waals surface area contributed by atoms with E-state index in [0.29, 0.717) is 16.3 Å². The van der Waals surface area contributed by atoms with Crippen LogP contribution in [-0.4, -0.2) is 9.91 Å². The molecule has 0 saturated heterocycles. The number of halogens is 1. The van der Waals surface area contributed by atoms with Gasteiger partial charge in [0.05, 0.1) is 4.92 Å². The second-order valence-electron chi connectivity index (χ2n) is 3.14. The Labute approximate surface area is 96.7 Å². The molecule has 16 heavy (non-hydrogen) atoms. The lowest BCUT2D eigenvalue weighted by molar-refractivity contribution is -0.384. The van der Waals surface area contributed by atoms with E-state index in [4.69, 9.17) is 11.6 Å². The predicted octanol–water partition coefficient (Wildman–Crippen LogP) is 3.31. The second kappa shape index (κ2) is 4.28. The van der Waals surface area contributed by atoms with Gasteiger partial charge in [0.1, 0.15) is 5.69 Å². The molecular formula is C11H7ClN2O2. The molecule has 0 bridgehead atoms. The van der Waals surface area contributed by atoms with E-state index in [1.807, 2.05) is 0 Å². The first-order valence-corrected chi connectivity index (χ1v) is 4.91. The molecule has 1 aromatic heterocycles. The summed E-state index contributed by atoms with van der Waals surface area (Å²) in [5.74, 6) is 0. The lowest BCUT2D eigenvalue weighted by Crippen LogP contribution is -1.93. The van der Waals surface area contributed by atoms with Gasteiger partial charge in [-0.3, -0.25) is 10.1 Å². The van der Waals surface area contributed by atoms with Crippen molar-refractivity contribution in [1.29, 1.82) is 0 Å². The van der Waals surface area contributed by atoms with Crippen molar-refractivity contribution in [3.05, 3.63) is 57.7 Å². The number of rotatable bonds is 2. The molecule has 0 amide bonds. The van der Waals surface area contributed by atoms with Crippen molar-refractivity contribution in [2.45, 2.75) is 0 Å². The zero-order chi connectivity index (χ0) is 11.5. The maximum absolute atomic E-state index is 10.8. The summed E-state index contributed by atoms with van der Waals surface area (Å²) < 4.78 is 0. The lowest BCUT2D eigenvalue weighted by atomic mass is 10.1. The van der Waals surface area contributed by atoms with Gasteiger partial charge < -0.3 is 0 Å². The molecule has 1 heterocycles.